The number of anilines is 1. The first-order valence-electron chi connectivity index (χ1n) is 8.18. The van der Waals surface area contributed by atoms with E-state index < -0.39 is 0 Å². The maximum atomic E-state index is 9.56. The number of nitrogens with two attached hydrogens (primary N) is 1. The molecule has 6 nitrogen and oxygen atoms in total. The van der Waals surface area contributed by atoms with E-state index in [0.29, 0.717) is 34.1 Å². The highest BCUT2D eigenvalue weighted by atomic mass is 16.5. The molecule has 0 aliphatic carbocycles. The van der Waals surface area contributed by atoms with Crippen molar-refractivity contribution in [3.05, 3.63) is 54.1 Å². The summed E-state index contributed by atoms with van der Waals surface area (Å²) in [7, 11) is 4.75. The molecule has 0 saturated carbocycles. The number of hydrogen-bond acceptors (Lipinski definition) is 6. The van der Waals surface area contributed by atoms with Crippen LogP contribution in [-0.2, 0) is 0 Å². The molecule has 0 aliphatic heterocycles. The van der Waals surface area contributed by atoms with Crippen LogP contribution in [0.3, 0.4) is 0 Å². The largest absolute Gasteiger partial charge is 0.497 e. The smallest absolute Gasteiger partial charge is 0.161 e. The van der Waals surface area contributed by atoms with E-state index >= 15 is 0 Å². The fourth-order valence-electron chi connectivity index (χ4n) is 2.84. The summed E-state index contributed by atoms with van der Waals surface area (Å²) in [5.41, 5.74) is 9.35. The molecule has 3 aromatic rings. The Bertz CT molecular complexity index is 1030. The lowest BCUT2D eigenvalue weighted by molar-refractivity contribution is 0.355. The van der Waals surface area contributed by atoms with Gasteiger partial charge in [-0.3, -0.25) is 0 Å². The third kappa shape index (κ3) is 3.48. The summed E-state index contributed by atoms with van der Waals surface area (Å²) in [5, 5.41) is 9.56. The lowest BCUT2D eigenvalue weighted by Crippen LogP contribution is -2.00. The van der Waals surface area contributed by atoms with E-state index in [-0.39, 0.29) is 5.82 Å². The number of benzene rings is 2. The highest BCUT2D eigenvalue weighted by Gasteiger charge is 2.15. The number of nitriles is 1. The third-order valence-electron chi connectivity index (χ3n) is 4.22. The molecule has 0 spiro atoms. The fourth-order valence-corrected chi connectivity index (χ4v) is 2.84. The topological polar surface area (TPSA) is 90.4 Å². The van der Waals surface area contributed by atoms with Gasteiger partial charge in [0.1, 0.15) is 23.2 Å². The van der Waals surface area contributed by atoms with Crippen molar-refractivity contribution in [1.29, 1.82) is 5.26 Å². The molecular formula is C21H19N3O3. The average molecular weight is 361 g/mol. The van der Waals surface area contributed by atoms with E-state index in [2.05, 4.69) is 11.1 Å². The Morgan fingerprint density at radius 3 is 2.33 bits per heavy atom. The summed E-state index contributed by atoms with van der Waals surface area (Å²) < 4.78 is 15.9. The van der Waals surface area contributed by atoms with Crippen molar-refractivity contribution < 1.29 is 14.2 Å². The predicted molar refractivity (Wildman–Crippen MR) is 104 cm³/mol. The van der Waals surface area contributed by atoms with Crippen LogP contribution < -0.4 is 19.9 Å². The summed E-state index contributed by atoms with van der Waals surface area (Å²) in [6, 6.07) is 16.9. The van der Waals surface area contributed by atoms with Crippen molar-refractivity contribution in [2.24, 2.45) is 0 Å². The minimum Gasteiger partial charge on any atom is -0.497 e. The number of nitrogen functional groups attached to an aromatic ring is 1. The van der Waals surface area contributed by atoms with Gasteiger partial charge in [-0.2, -0.15) is 5.26 Å². The Morgan fingerprint density at radius 2 is 1.67 bits per heavy atom. The molecular weight excluding hydrogens is 342 g/mol. The molecule has 136 valence electrons. The average Bonchev–Trinajstić information content (AvgIpc) is 2.72. The molecule has 0 aliphatic rings. The molecule has 1 heterocycles. The van der Waals surface area contributed by atoms with Gasteiger partial charge in [0, 0.05) is 11.1 Å². The second-order valence-corrected chi connectivity index (χ2v) is 5.73. The maximum absolute atomic E-state index is 9.56. The zero-order chi connectivity index (χ0) is 19.4. The molecule has 0 bridgehead atoms. The standard InChI is InChI=1S/C21H19N3O3/c1-25-15-6-4-5-13(9-15)16-11-18(24-21(23)17(16)12-22)14-7-8-19(26-2)20(10-14)27-3/h4-11H,1-3H3,(H2,23,24). The summed E-state index contributed by atoms with van der Waals surface area (Å²) in [6.45, 7) is 0. The van der Waals surface area contributed by atoms with Gasteiger partial charge in [-0.15, -0.1) is 0 Å². The lowest BCUT2D eigenvalue weighted by Gasteiger charge is -2.13. The second-order valence-electron chi connectivity index (χ2n) is 5.73. The van der Waals surface area contributed by atoms with E-state index in [1.165, 1.54) is 0 Å². The molecule has 0 fully saturated rings. The van der Waals surface area contributed by atoms with E-state index in [9.17, 15) is 5.26 Å². The quantitative estimate of drug-likeness (QED) is 0.741. The monoisotopic (exact) mass is 361 g/mol. The highest BCUT2D eigenvalue weighted by molar-refractivity contribution is 5.81. The Balaban J connectivity index is 2.19. The first-order chi connectivity index (χ1) is 13.1. The molecule has 3 rings (SSSR count). The molecule has 2 N–H and O–H groups in total. The van der Waals surface area contributed by atoms with Crippen molar-refractivity contribution in [3.63, 3.8) is 0 Å². The summed E-state index contributed by atoms with van der Waals surface area (Å²) >= 11 is 0. The van der Waals surface area contributed by atoms with Gasteiger partial charge in [0.25, 0.3) is 0 Å². The third-order valence-corrected chi connectivity index (χ3v) is 4.22. The molecule has 0 amide bonds. The van der Waals surface area contributed by atoms with E-state index in [0.717, 1.165) is 11.1 Å². The predicted octanol–water partition coefficient (Wildman–Crippen LogP) is 3.90. The molecule has 2 aromatic carbocycles. The summed E-state index contributed by atoms with van der Waals surface area (Å²) in [4.78, 5) is 4.40. The van der Waals surface area contributed by atoms with Crippen molar-refractivity contribution in [3.8, 4) is 45.7 Å². The van der Waals surface area contributed by atoms with Gasteiger partial charge in [-0.05, 0) is 42.0 Å². The molecule has 6 heteroatoms. The van der Waals surface area contributed by atoms with Gasteiger partial charge >= 0.3 is 0 Å². The molecule has 0 saturated heterocycles. The minimum atomic E-state index is 0.169. The highest BCUT2D eigenvalue weighted by Crippen LogP contribution is 2.36. The summed E-state index contributed by atoms with van der Waals surface area (Å²) in [6.07, 6.45) is 0. The van der Waals surface area contributed by atoms with Gasteiger partial charge in [0.05, 0.1) is 27.0 Å². The first-order valence-corrected chi connectivity index (χ1v) is 8.18. The molecule has 0 radical (unpaired) electrons. The number of pyridine rings is 1. The van der Waals surface area contributed by atoms with Crippen molar-refractivity contribution >= 4 is 5.82 Å². The Morgan fingerprint density at radius 1 is 0.889 bits per heavy atom. The van der Waals surface area contributed by atoms with Gasteiger partial charge in [-0.25, -0.2) is 4.98 Å². The van der Waals surface area contributed by atoms with Crippen LogP contribution in [0, 0.1) is 11.3 Å². The Kier molecular flexibility index (Phi) is 5.13. The van der Waals surface area contributed by atoms with Gasteiger partial charge in [0.2, 0.25) is 0 Å². The van der Waals surface area contributed by atoms with E-state index in [1.54, 1.807) is 27.4 Å². The van der Waals surface area contributed by atoms with E-state index in [1.807, 2.05) is 42.5 Å². The summed E-state index contributed by atoms with van der Waals surface area (Å²) in [5.74, 6) is 2.07. The maximum Gasteiger partial charge on any atom is 0.161 e. The zero-order valence-corrected chi connectivity index (χ0v) is 15.3. The first kappa shape index (κ1) is 18.1. The molecule has 27 heavy (non-hydrogen) atoms. The van der Waals surface area contributed by atoms with Crippen LogP contribution in [0.5, 0.6) is 17.2 Å². The fraction of sp³-hybridized carbons (Fsp3) is 0.143. The van der Waals surface area contributed by atoms with Crippen molar-refractivity contribution in [1.82, 2.24) is 4.98 Å². The normalized spacial score (nSPS) is 10.1. The van der Waals surface area contributed by atoms with Gasteiger partial charge in [-0.1, -0.05) is 12.1 Å². The lowest BCUT2D eigenvalue weighted by atomic mass is 9.98. The van der Waals surface area contributed by atoms with Crippen LogP contribution in [0.2, 0.25) is 0 Å². The number of nitrogens with zero attached hydrogens (tertiary/aromatic N) is 2. The SMILES string of the molecule is COc1cccc(-c2cc(-c3ccc(OC)c(OC)c3)nc(N)c2C#N)c1. The molecule has 0 atom stereocenters. The van der Waals surface area contributed by atoms with Crippen LogP contribution >= 0.6 is 0 Å². The van der Waals surface area contributed by atoms with Crippen LogP contribution in [0.4, 0.5) is 5.82 Å². The Labute approximate surface area is 157 Å². The van der Waals surface area contributed by atoms with Crippen molar-refractivity contribution in [2.45, 2.75) is 0 Å². The zero-order valence-electron chi connectivity index (χ0n) is 15.3. The van der Waals surface area contributed by atoms with Crippen LogP contribution in [0.25, 0.3) is 22.4 Å². The number of aromatic nitrogens is 1. The number of hydrogen-bond donors (Lipinski definition) is 1. The van der Waals surface area contributed by atoms with Gasteiger partial charge < -0.3 is 19.9 Å². The van der Waals surface area contributed by atoms with Crippen LogP contribution in [-0.4, -0.2) is 26.3 Å². The van der Waals surface area contributed by atoms with Crippen LogP contribution in [0.1, 0.15) is 5.56 Å². The molecule has 0 unspecified atom stereocenters. The Hall–Kier alpha value is -3.72. The minimum absolute atomic E-state index is 0.169. The number of methoxy groups -OCH3 is 3. The second kappa shape index (κ2) is 7.67. The van der Waals surface area contributed by atoms with Gasteiger partial charge in [0.15, 0.2) is 11.5 Å². The molecule has 1 aromatic heterocycles. The number of rotatable bonds is 5. The number of ether oxygens (including phenoxy) is 3. The van der Waals surface area contributed by atoms with Crippen molar-refractivity contribution in [2.75, 3.05) is 27.1 Å². The van der Waals surface area contributed by atoms with Crippen LogP contribution in [0.15, 0.2) is 48.5 Å². The van der Waals surface area contributed by atoms with E-state index in [4.69, 9.17) is 19.9 Å².